The van der Waals surface area contributed by atoms with Crippen molar-refractivity contribution in [3.63, 3.8) is 0 Å². The fourth-order valence-corrected chi connectivity index (χ4v) is 2.27. The van der Waals surface area contributed by atoms with Crippen LogP contribution >= 0.6 is 0 Å². The van der Waals surface area contributed by atoms with Crippen LogP contribution < -0.4 is 10.2 Å². The molecule has 0 aliphatic carbocycles. The van der Waals surface area contributed by atoms with Crippen molar-refractivity contribution in [1.82, 2.24) is 20.2 Å². The maximum Gasteiger partial charge on any atom is 0.270 e. The molecule has 0 spiro atoms. The van der Waals surface area contributed by atoms with Crippen molar-refractivity contribution in [2.24, 2.45) is 0 Å². The van der Waals surface area contributed by atoms with Gasteiger partial charge in [0, 0.05) is 26.3 Å². The average molecular weight is 327 g/mol. The maximum absolute atomic E-state index is 12.2. The monoisotopic (exact) mass is 327 g/mol. The average Bonchev–Trinajstić information content (AvgIpc) is 2.59. The lowest BCUT2D eigenvalue weighted by Gasteiger charge is -2.17. The fourth-order valence-electron chi connectivity index (χ4n) is 2.27. The van der Waals surface area contributed by atoms with Crippen molar-refractivity contribution in [3.8, 4) is 0 Å². The Morgan fingerprint density at radius 3 is 2.58 bits per heavy atom. The van der Waals surface area contributed by atoms with Gasteiger partial charge in [0.05, 0.1) is 0 Å². The van der Waals surface area contributed by atoms with Gasteiger partial charge in [0.2, 0.25) is 5.95 Å². The lowest BCUT2D eigenvalue weighted by atomic mass is 10.2. The van der Waals surface area contributed by atoms with E-state index in [1.807, 2.05) is 44.2 Å². The van der Waals surface area contributed by atoms with Crippen LogP contribution in [0.4, 0.5) is 5.95 Å². The summed E-state index contributed by atoms with van der Waals surface area (Å²) in [5.74, 6) is 0.380. The fraction of sp³-hybridized carbons (Fsp3) is 0.389. The summed E-state index contributed by atoms with van der Waals surface area (Å²) in [5, 5.41) is 2.90. The Hall–Kier alpha value is -2.47. The summed E-state index contributed by atoms with van der Waals surface area (Å²) in [6, 6.07) is 11.7. The molecule has 1 amide bonds. The summed E-state index contributed by atoms with van der Waals surface area (Å²) in [5.41, 5.74) is 1.56. The van der Waals surface area contributed by atoms with Crippen LogP contribution in [0.25, 0.3) is 0 Å². The largest absolute Gasteiger partial charge is 0.351 e. The first-order valence-electron chi connectivity index (χ1n) is 8.07. The zero-order chi connectivity index (χ0) is 17.4. The Labute approximate surface area is 143 Å². The Morgan fingerprint density at radius 1 is 1.12 bits per heavy atom. The number of nitrogens with one attached hydrogen (secondary N) is 1. The number of nitrogens with zero attached hydrogens (tertiary/aromatic N) is 4. The summed E-state index contributed by atoms with van der Waals surface area (Å²) >= 11 is 0. The molecule has 1 aromatic carbocycles. The van der Waals surface area contributed by atoms with E-state index < -0.39 is 0 Å². The van der Waals surface area contributed by atoms with Gasteiger partial charge in [0.25, 0.3) is 5.91 Å². The van der Waals surface area contributed by atoms with Gasteiger partial charge in [-0.15, -0.1) is 0 Å². The number of carbonyl (C=O) groups is 1. The molecule has 0 atom stereocenters. The number of anilines is 1. The normalized spacial score (nSPS) is 10.7. The molecule has 6 nitrogen and oxygen atoms in total. The van der Waals surface area contributed by atoms with E-state index in [0.29, 0.717) is 24.7 Å². The van der Waals surface area contributed by atoms with E-state index >= 15 is 0 Å². The van der Waals surface area contributed by atoms with Crippen LogP contribution in [0.2, 0.25) is 0 Å². The van der Waals surface area contributed by atoms with Crippen LogP contribution in [0.5, 0.6) is 0 Å². The van der Waals surface area contributed by atoms with E-state index in [2.05, 4.69) is 32.3 Å². The number of carbonyl (C=O) groups excluding carboxylic acids is 1. The first-order valence-corrected chi connectivity index (χ1v) is 8.07. The summed E-state index contributed by atoms with van der Waals surface area (Å²) in [6.45, 7) is 2.26. The SMILES string of the molecule is CN(C)CCCNC(=O)c1ccnc(N(C)Cc2ccccc2)n1. The Morgan fingerprint density at radius 2 is 1.88 bits per heavy atom. The van der Waals surface area contributed by atoms with Crippen molar-refractivity contribution in [1.29, 1.82) is 0 Å². The predicted octanol–water partition coefficient (Wildman–Crippen LogP) is 1.79. The van der Waals surface area contributed by atoms with Gasteiger partial charge >= 0.3 is 0 Å². The second kappa shape index (κ2) is 8.98. The molecule has 0 bridgehead atoms. The van der Waals surface area contributed by atoms with Crippen molar-refractivity contribution < 1.29 is 4.79 Å². The number of amides is 1. The summed E-state index contributed by atoms with van der Waals surface area (Å²) in [6.07, 6.45) is 2.53. The Kier molecular flexibility index (Phi) is 6.69. The Bertz CT molecular complexity index is 645. The van der Waals surface area contributed by atoms with Crippen LogP contribution in [0.1, 0.15) is 22.5 Å². The molecular weight excluding hydrogens is 302 g/mol. The van der Waals surface area contributed by atoms with E-state index in [1.165, 1.54) is 5.56 Å². The van der Waals surface area contributed by atoms with Crippen LogP contribution in [0.15, 0.2) is 42.6 Å². The highest BCUT2D eigenvalue weighted by Gasteiger charge is 2.11. The highest BCUT2D eigenvalue weighted by atomic mass is 16.1. The van der Waals surface area contributed by atoms with Gasteiger partial charge in [-0.05, 0) is 38.7 Å². The topological polar surface area (TPSA) is 61.4 Å². The zero-order valence-electron chi connectivity index (χ0n) is 14.6. The third-order valence-corrected chi connectivity index (χ3v) is 3.55. The molecular formula is C18H25N5O. The minimum atomic E-state index is -0.162. The van der Waals surface area contributed by atoms with Crippen molar-refractivity contribution in [3.05, 3.63) is 53.9 Å². The van der Waals surface area contributed by atoms with Gasteiger partial charge in [-0.3, -0.25) is 4.79 Å². The number of hydrogen-bond donors (Lipinski definition) is 1. The van der Waals surface area contributed by atoms with Gasteiger partial charge in [0.1, 0.15) is 5.69 Å². The molecule has 0 fully saturated rings. The first kappa shape index (κ1) is 17.9. The number of hydrogen-bond acceptors (Lipinski definition) is 5. The third-order valence-electron chi connectivity index (χ3n) is 3.55. The van der Waals surface area contributed by atoms with E-state index in [4.69, 9.17) is 0 Å². The number of aromatic nitrogens is 2. The Balaban J connectivity index is 1.93. The van der Waals surface area contributed by atoms with Gasteiger partial charge in [-0.2, -0.15) is 0 Å². The smallest absolute Gasteiger partial charge is 0.270 e. The van der Waals surface area contributed by atoms with Gasteiger partial charge < -0.3 is 15.1 Å². The molecule has 0 saturated carbocycles. The first-order chi connectivity index (χ1) is 11.6. The highest BCUT2D eigenvalue weighted by molar-refractivity contribution is 5.92. The minimum Gasteiger partial charge on any atom is -0.351 e. The number of rotatable bonds is 8. The van der Waals surface area contributed by atoms with E-state index in [0.717, 1.165) is 13.0 Å². The van der Waals surface area contributed by atoms with Crippen molar-refractivity contribution in [2.75, 3.05) is 39.1 Å². The molecule has 0 radical (unpaired) electrons. The van der Waals surface area contributed by atoms with Crippen LogP contribution in [0.3, 0.4) is 0 Å². The molecule has 0 unspecified atom stereocenters. The molecule has 1 heterocycles. The quantitative estimate of drug-likeness (QED) is 0.749. The molecule has 2 aromatic rings. The van der Waals surface area contributed by atoms with Crippen LogP contribution in [0, 0.1) is 0 Å². The van der Waals surface area contributed by atoms with E-state index in [9.17, 15) is 4.79 Å². The van der Waals surface area contributed by atoms with Crippen LogP contribution in [-0.4, -0.2) is 55.0 Å². The minimum absolute atomic E-state index is 0.162. The predicted molar refractivity (Wildman–Crippen MR) is 96.1 cm³/mol. The van der Waals surface area contributed by atoms with Crippen molar-refractivity contribution >= 4 is 11.9 Å². The molecule has 6 heteroatoms. The molecule has 128 valence electrons. The maximum atomic E-state index is 12.2. The lowest BCUT2D eigenvalue weighted by Crippen LogP contribution is -2.28. The van der Waals surface area contributed by atoms with Crippen molar-refractivity contribution in [2.45, 2.75) is 13.0 Å². The van der Waals surface area contributed by atoms with Gasteiger partial charge in [-0.1, -0.05) is 30.3 Å². The molecule has 24 heavy (non-hydrogen) atoms. The van der Waals surface area contributed by atoms with Gasteiger partial charge in [-0.25, -0.2) is 9.97 Å². The van der Waals surface area contributed by atoms with Crippen LogP contribution in [-0.2, 0) is 6.54 Å². The number of benzene rings is 1. The zero-order valence-corrected chi connectivity index (χ0v) is 14.6. The second-order valence-electron chi connectivity index (χ2n) is 6.00. The molecule has 0 aliphatic rings. The second-order valence-corrected chi connectivity index (χ2v) is 6.00. The van der Waals surface area contributed by atoms with Gasteiger partial charge in [0.15, 0.2) is 0 Å². The van der Waals surface area contributed by atoms with E-state index in [1.54, 1.807) is 12.3 Å². The molecule has 2 rings (SSSR count). The summed E-state index contributed by atoms with van der Waals surface area (Å²) < 4.78 is 0. The highest BCUT2D eigenvalue weighted by Crippen LogP contribution is 2.10. The molecule has 1 aromatic heterocycles. The molecule has 1 N–H and O–H groups in total. The standard InChI is InChI=1S/C18H25N5O/c1-22(2)13-7-11-19-17(24)16-10-12-20-18(21-16)23(3)14-15-8-5-4-6-9-15/h4-6,8-10,12H,7,11,13-14H2,1-3H3,(H,19,24). The third kappa shape index (κ3) is 5.62. The van der Waals surface area contributed by atoms with E-state index in [-0.39, 0.29) is 5.91 Å². The summed E-state index contributed by atoms with van der Waals surface area (Å²) in [7, 11) is 5.95. The molecule has 0 saturated heterocycles. The molecule has 0 aliphatic heterocycles. The lowest BCUT2D eigenvalue weighted by molar-refractivity contribution is 0.0947. The summed E-state index contributed by atoms with van der Waals surface area (Å²) in [4.78, 5) is 24.8.